The smallest absolute Gasteiger partial charge is 0.303 e. The molecular weight excluding hydrogens is 309 g/mol. The van der Waals surface area contributed by atoms with Crippen molar-refractivity contribution in [2.45, 2.75) is 12.8 Å². The molecule has 0 heterocycles. The van der Waals surface area contributed by atoms with Crippen molar-refractivity contribution in [3.05, 3.63) is 27.8 Å². The van der Waals surface area contributed by atoms with E-state index in [0.29, 0.717) is 5.69 Å². The van der Waals surface area contributed by atoms with Crippen molar-refractivity contribution in [3.8, 4) is 0 Å². The first-order chi connectivity index (χ1) is 7.09. The molecule has 0 aromatic heterocycles. The van der Waals surface area contributed by atoms with Gasteiger partial charge in [-0.05, 0) is 34.7 Å². The Hall–Kier alpha value is -1.11. The normalized spacial score (nSPS) is 9.67. The van der Waals surface area contributed by atoms with Gasteiger partial charge in [-0.15, -0.1) is 0 Å². The van der Waals surface area contributed by atoms with Crippen LogP contribution in [0.5, 0.6) is 0 Å². The maximum atomic E-state index is 11.3. The van der Waals surface area contributed by atoms with Crippen LogP contribution in [0.1, 0.15) is 12.8 Å². The average molecular weight is 319 g/mol. The highest BCUT2D eigenvalue weighted by molar-refractivity contribution is 14.1. The molecule has 4 nitrogen and oxygen atoms in total. The number of halogens is 1. The summed E-state index contributed by atoms with van der Waals surface area (Å²) in [4.78, 5) is 21.5. The van der Waals surface area contributed by atoms with E-state index in [1.807, 2.05) is 18.2 Å². The summed E-state index contributed by atoms with van der Waals surface area (Å²) in [5, 5.41) is 11.1. The highest BCUT2D eigenvalue weighted by Crippen LogP contribution is 2.17. The van der Waals surface area contributed by atoms with Crippen molar-refractivity contribution >= 4 is 40.2 Å². The van der Waals surface area contributed by atoms with E-state index in [0.717, 1.165) is 3.57 Å². The molecule has 0 aliphatic carbocycles. The fraction of sp³-hybridized carbons (Fsp3) is 0.200. The van der Waals surface area contributed by atoms with Crippen molar-refractivity contribution < 1.29 is 14.7 Å². The number of para-hydroxylation sites is 1. The van der Waals surface area contributed by atoms with Gasteiger partial charge in [0, 0.05) is 9.99 Å². The molecule has 0 fully saturated rings. The number of carbonyl (C=O) groups excluding carboxylic acids is 1. The zero-order chi connectivity index (χ0) is 11.3. The summed E-state index contributed by atoms with van der Waals surface area (Å²) in [5.41, 5.74) is 0.716. The van der Waals surface area contributed by atoms with Gasteiger partial charge in [-0.25, -0.2) is 0 Å². The van der Waals surface area contributed by atoms with E-state index in [1.54, 1.807) is 6.07 Å². The van der Waals surface area contributed by atoms with Crippen LogP contribution in [0.4, 0.5) is 5.69 Å². The van der Waals surface area contributed by atoms with Crippen LogP contribution >= 0.6 is 22.6 Å². The Morgan fingerprint density at radius 1 is 1.27 bits per heavy atom. The number of amides is 1. The van der Waals surface area contributed by atoms with Gasteiger partial charge in [0.2, 0.25) is 5.91 Å². The Bertz CT molecular complexity index is 379. The number of hydrogen-bond donors (Lipinski definition) is 2. The molecule has 0 aliphatic rings. The molecule has 0 spiro atoms. The molecule has 0 saturated carbocycles. The van der Waals surface area contributed by atoms with E-state index in [2.05, 4.69) is 27.9 Å². The number of carboxylic acid groups (broad SMARTS) is 1. The molecule has 15 heavy (non-hydrogen) atoms. The van der Waals surface area contributed by atoms with Crippen LogP contribution in [0, 0.1) is 3.57 Å². The van der Waals surface area contributed by atoms with Crippen LogP contribution in [0.2, 0.25) is 0 Å². The van der Waals surface area contributed by atoms with Gasteiger partial charge in [-0.2, -0.15) is 0 Å². The largest absolute Gasteiger partial charge is 0.481 e. The maximum absolute atomic E-state index is 11.3. The lowest BCUT2D eigenvalue weighted by molar-refractivity contribution is -0.138. The molecule has 80 valence electrons. The van der Waals surface area contributed by atoms with Crippen LogP contribution in [-0.4, -0.2) is 17.0 Å². The SMILES string of the molecule is O=C(O)CCC(=O)Nc1ccccc1I. The molecule has 5 heteroatoms. The number of benzene rings is 1. The molecule has 1 rings (SSSR count). The van der Waals surface area contributed by atoms with Crippen LogP contribution in [0.3, 0.4) is 0 Å². The first-order valence-corrected chi connectivity index (χ1v) is 5.43. The Balaban J connectivity index is 2.52. The van der Waals surface area contributed by atoms with Gasteiger partial charge in [0.15, 0.2) is 0 Å². The molecule has 0 saturated heterocycles. The van der Waals surface area contributed by atoms with Gasteiger partial charge >= 0.3 is 5.97 Å². The van der Waals surface area contributed by atoms with Crippen molar-refractivity contribution in [2.24, 2.45) is 0 Å². The van der Waals surface area contributed by atoms with Crippen molar-refractivity contribution in [2.75, 3.05) is 5.32 Å². The Morgan fingerprint density at radius 3 is 2.53 bits per heavy atom. The zero-order valence-corrected chi connectivity index (χ0v) is 10.0. The molecule has 0 bridgehead atoms. The predicted molar refractivity (Wildman–Crippen MR) is 64.7 cm³/mol. The standard InChI is InChI=1S/C10H10INO3/c11-7-3-1-2-4-8(7)12-9(13)5-6-10(14)15/h1-4H,5-6H2,(H,12,13)(H,14,15). The molecule has 0 atom stereocenters. The fourth-order valence-electron chi connectivity index (χ4n) is 0.996. The van der Waals surface area contributed by atoms with E-state index < -0.39 is 5.97 Å². The third-order valence-electron chi connectivity index (χ3n) is 1.71. The van der Waals surface area contributed by atoms with Crippen molar-refractivity contribution in [1.29, 1.82) is 0 Å². The Labute approximate surface area is 101 Å². The van der Waals surface area contributed by atoms with E-state index in [1.165, 1.54) is 0 Å². The quantitative estimate of drug-likeness (QED) is 0.835. The van der Waals surface area contributed by atoms with Crippen LogP contribution in [0.25, 0.3) is 0 Å². The Morgan fingerprint density at radius 2 is 1.93 bits per heavy atom. The van der Waals surface area contributed by atoms with Gasteiger partial charge in [0.05, 0.1) is 12.1 Å². The summed E-state index contributed by atoms with van der Waals surface area (Å²) in [5.74, 6) is -1.24. The highest BCUT2D eigenvalue weighted by Gasteiger charge is 2.06. The van der Waals surface area contributed by atoms with Gasteiger partial charge in [0.1, 0.15) is 0 Å². The monoisotopic (exact) mass is 319 g/mol. The predicted octanol–water partition coefficient (Wildman–Crippen LogP) is 2.09. The highest BCUT2D eigenvalue weighted by atomic mass is 127. The summed E-state index contributed by atoms with van der Waals surface area (Å²) < 4.78 is 0.929. The summed E-state index contributed by atoms with van der Waals surface area (Å²) in [6.45, 7) is 0. The molecule has 1 amide bonds. The van der Waals surface area contributed by atoms with Crippen molar-refractivity contribution in [3.63, 3.8) is 0 Å². The lowest BCUT2D eigenvalue weighted by atomic mass is 10.2. The van der Waals surface area contributed by atoms with Crippen LogP contribution in [-0.2, 0) is 9.59 Å². The topological polar surface area (TPSA) is 66.4 Å². The second-order valence-corrected chi connectivity index (χ2v) is 4.08. The zero-order valence-electron chi connectivity index (χ0n) is 7.87. The number of anilines is 1. The van der Waals surface area contributed by atoms with E-state index in [9.17, 15) is 9.59 Å². The lowest BCUT2D eigenvalue weighted by Crippen LogP contribution is -2.13. The number of aliphatic carboxylic acids is 1. The van der Waals surface area contributed by atoms with Gasteiger partial charge in [-0.3, -0.25) is 9.59 Å². The number of carboxylic acids is 1. The van der Waals surface area contributed by atoms with E-state index in [4.69, 9.17) is 5.11 Å². The molecular formula is C10H10INO3. The molecule has 1 aromatic rings. The molecule has 0 aliphatic heterocycles. The summed E-state index contributed by atoms with van der Waals surface area (Å²) in [7, 11) is 0. The van der Waals surface area contributed by atoms with E-state index in [-0.39, 0.29) is 18.7 Å². The minimum absolute atomic E-state index is 0.000305. The Kier molecular flexibility index (Phi) is 4.54. The first kappa shape index (κ1) is 12.0. The summed E-state index contributed by atoms with van der Waals surface area (Å²) in [6.07, 6.45) is -0.143. The minimum Gasteiger partial charge on any atom is -0.481 e. The third kappa shape index (κ3) is 4.28. The maximum Gasteiger partial charge on any atom is 0.303 e. The molecule has 0 radical (unpaired) electrons. The van der Waals surface area contributed by atoms with Crippen LogP contribution < -0.4 is 5.32 Å². The number of carbonyl (C=O) groups is 2. The minimum atomic E-state index is -0.965. The molecule has 0 unspecified atom stereocenters. The summed E-state index contributed by atoms with van der Waals surface area (Å²) in [6, 6.07) is 7.33. The van der Waals surface area contributed by atoms with Gasteiger partial charge < -0.3 is 10.4 Å². The number of nitrogens with one attached hydrogen (secondary N) is 1. The second-order valence-electron chi connectivity index (χ2n) is 2.92. The molecule has 1 aromatic carbocycles. The van der Waals surface area contributed by atoms with Gasteiger partial charge in [0.25, 0.3) is 0 Å². The van der Waals surface area contributed by atoms with Gasteiger partial charge in [-0.1, -0.05) is 12.1 Å². The number of hydrogen-bond acceptors (Lipinski definition) is 2. The average Bonchev–Trinajstić information content (AvgIpc) is 2.18. The number of rotatable bonds is 4. The summed E-state index contributed by atoms with van der Waals surface area (Å²) >= 11 is 2.10. The second kappa shape index (κ2) is 5.69. The fourth-order valence-corrected chi connectivity index (χ4v) is 1.52. The van der Waals surface area contributed by atoms with E-state index >= 15 is 0 Å². The lowest BCUT2D eigenvalue weighted by Gasteiger charge is -2.05. The van der Waals surface area contributed by atoms with Crippen LogP contribution in [0.15, 0.2) is 24.3 Å². The molecule has 2 N–H and O–H groups in total. The van der Waals surface area contributed by atoms with Crippen molar-refractivity contribution in [1.82, 2.24) is 0 Å². The first-order valence-electron chi connectivity index (χ1n) is 4.36. The third-order valence-corrected chi connectivity index (χ3v) is 2.65.